The summed E-state index contributed by atoms with van der Waals surface area (Å²) in [7, 11) is 2.95. The first-order valence-electron chi connectivity index (χ1n) is 10.0. The lowest BCUT2D eigenvalue weighted by Gasteiger charge is -2.26. The van der Waals surface area contributed by atoms with Gasteiger partial charge < -0.3 is 24.8 Å². The normalized spacial score (nSPS) is 14.7. The molecule has 2 amide bonds. The van der Waals surface area contributed by atoms with Gasteiger partial charge in [0, 0.05) is 11.6 Å². The minimum absolute atomic E-state index is 0.0844. The molecule has 0 heterocycles. The lowest BCUT2D eigenvalue weighted by molar-refractivity contribution is -0.147. The highest BCUT2D eigenvalue weighted by atomic mass is 16.5. The second-order valence-corrected chi connectivity index (χ2v) is 7.16. The molecular weight excluding hydrogens is 400 g/mol. The van der Waals surface area contributed by atoms with Gasteiger partial charge in [0.2, 0.25) is 0 Å². The van der Waals surface area contributed by atoms with Crippen LogP contribution < -0.4 is 20.1 Å². The van der Waals surface area contributed by atoms with Gasteiger partial charge in [0.15, 0.2) is 6.61 Å². The highest BCUT2D eigenvalue weighted by Gasteiger charge is 2.22. The van der Waals surface area contributed by atoms with Crippen LogP contribution >= 0.6 is 0 Å². The minimum Gasteiger partial charge on any atom is -0.497 e. The molecule has 0 bridgehead atoms. The average Bonchev–Trinajstić information content (AvgIpc) is 2.81. The van der Waals surface area contributed by atoms with Crippen molar-refractivity contribution in [3.63, 3.8) is 0 Å². The van der Waals surface area contributed by atoms with Gasteiger partial charge in [-0.1, -0.05) is 24.3 Å². The van der Waals surface area contributed by atoms with Crippen LogP contribution in [0.2, 0.25) is 0 Å². The molecule has 0 spiro atoms. The first-order valence-corrected chi connectivity index (χ1v) is 10.0. The number of carbonyl (C=O) groups excluding carboxylic acids is 3. The molecule has 8 heteroatoms. The number of benzene rings is 2. The van der Waals surface area contributed by atoms with Gasteiger partial charge in [-0.15, -0.1) is 0 Å². The van der Waals surface area contributed by atoms with Crippen molar-refractivity contribution >= 4 is 17.8 Å². The molecule has 0 saturated heterocycles. The second-order valence-electron chi connectivity index (χ2n) is 7.16. The lowest BCUT2D eigenvalue weighted by Crippen LogP contribution is -2.36. The van der Waals surface area contributed by atoms with E-state index in [1.165, 1.54) is 31.9 Å². The fourth-order valence-corrected chi connectivity index (χ4v) is 3.53. The van der Waals surface area contributed by atoms with Crippen molar-refractivity contribution < 1.29 is 28.6 Å². The standard InChI is InChI=1S/C23H26N2O6/c1-29-17-10-16(11-18(12-17)30-2)23(28)24-13-22(27)31-14-21(26)25-20-9-5-7-15-6-3-4-8-19(15)20/h3-4,6,8,10-12,20H,5,7,9,13-14H2,1-2H3,(H,24,28)(H,25,26)/t20-/m0/s1. The maximum absolute atomic E-state index is 12.3. The number of esters is 1. The van der Waals surface area contributed by atoms with E-state index < -0.39 is 18.5 Å². The van der Waals surface area contributed by atoms with Crippen LogP contribution in [-0.4, -0.2) is 45.2 Å². The van der Waals surface area contributed by atoms with Gasteiger partial charge in [0.05, 0.1) is 20.3 Å². The van der Waals surface area contributed by atoms with E-state index in [1.54, 1.807) is 6.07 Å². The number of ether oxygens (including phenoxy) is 3. The Hall–Kier alpha value is -3.55. The van der Waals surface area contributed by atoms with E-state index in [4.69, 9.17) is 14.2 Å². The van der Waals surface area contributed by atoms with Gasteiger partial charge in [0.1, 0.15) is 18.0 Å². The summed E-state index contributed by atoms with van der Waals surface area (Å²) < 4.78 is 15.2. The summed E-state index contributed by atoms with van der Waals surface area (Å²) in [6, 6.07) is 12.6. The fraction of sp³-hybridized carbons (Fsp3) is 0.348. The number of fused-ring (bicyclic) bond motifs is 1. The molecule has 0 aliphatic heterocycles. The van der Waals surface area contributed by atoms with Crippen LogP contribution in [0.25, 0.3) is 0 Å². The number of hydrogen-bond donors (Lipinski definition) is 2. The maximum atomic E-state index is 12.3. The third-order valence-corrected chi connectivity index (χ3v) is 5.08. The van der Waals surface area contributed by atoms with Crippen LogP contribution in [0, 0.1) is 0 Å². The summed E-state index contributed by atoms with van der Waals surface area (Å²) in [6.45, 7) is -0.766. The Bertz CT molecular complexity index is 937. The van der Waals surface area contributed by atoms with E-state index in [0.717, 1.165) is 24.8 Å². The highest BCUT2D eigenvalue weighted by molar-refractivity contribution is 5.96. The van der Waals surface area contributed by atoms with E-state index in [2.05, 4.69) is 16.7 Å². The Labute approximate surface area is 180 Å². The molecule has 8 nitrogen and oxygen atoms in total. The number of aryl methyl sites for hydroxylation is 1. The third kappa shape index (κ3) is 5.97. The fourth-order valence-electron chi connectivity index (χ4n) is 3.53. The van der Waals surface area contributed by atoms with E-state index in [0.29, 0.717) is 11.5 Å². The molecule has 0 aromatic heterocycles. The number of nitrogens with one attached hydrogen (secondary N) is 2. The number of carbonyl (C=O) groups is 3. The van der Waals surface area contributed by atoms with Crippen LogP contribution in [0.1, 0.15) is 40.4 Å². The predicted molar refractivity (Wildman–Crippen MR) is 113 cm³/mol. The van der Waals surface area contributed by atoms with Crippen molar-refractivity contribution in [2.45, 2.75) is 25.3 Å². The van der Waals surface area contributed by atoms with Crippen LogP contribution in [-0.2, 0) is 20.7 Å². The Kier molecular flexibility index (Phi) is 7.48. The van der Waals surface area contributed by atoms with Crippen molar-refractivity contribution in [3.8, 4) is 11.5 Å². The highest BCUT2D eigenvalue weighted by Crippen LogP contribution is 2.29. The quantitative estimate of drug-likeness (QED) is 0.627. The Morgan fingerprint density at radius 2 is 1.74 bits per heavy atom. The summed E-state index contributed by atoms with van der Waals surface area (Å²) in [5.41, 5.74) is 2.61. The van der Waals surface area contributed by atoms with E-state index in [1.807, 2.05) is 18.2 Å². The Morgan fingerprint density at radius 3 is 2.45 bits per heavy atom. The van der Waals surface area contributed by atoms with Crippen LogP contribution in [0.15, 0.2) is 42.5 Å². The second kappa shape index (κ2) is 10.5. The first kappa shape index (κ1) is 22.1. The molecule has 1 aliphatic carbocycles. The van der Waals surface area contributed by atoms with E-state index in [9.17, 15) is 14.4 Å². The molecule has 3 rings (SSSR count). The Balaban J connectivity index is 1.45. The lowest BCUT2D eigenvalue weighted by atomic mass is 9.88. The first-order chi connectivity index (χ1) is 15.0. The van der Waals surface area contributed by atoms with Gasteiger partial charge >= 0.3 is 5.97 Å². The zero-order chi connectivity index (χ0) is 22.2. The van der Waals surface area contributed by atoms with E-state index in [-0.39, 0.29) is 24.1 Å². The number of methoxy groups -OCH3 is 2. The molecule has 164 valence electrons. The van der Waals surface area contributed by atoms with Crippen molar-refractivity contribution in [1.29, 1.82) is 0 Å². The molecule has 0 fully saturated rings. The molecule has 2 aromatic carbocycles. The molecule has 2 aromatic rings. The van der Waals surface area contributed by atoms with Gasteiger partial charge in [0.25, 0.3) is 11.8 Å². The van der Waals surface area contributed by atoms with Gasteiger partial charge in [-0.3, -0.25) is 14.4 Å². The monoisotopic (exact) mass is 426 g/mol. The number of amides is 2. The largest absolute Gasteiger partial charge is 0.497 e. The SMILES string of the molecule is COc1cc(OC)cc(C(=O)NCC(=O)OCC(=O)N[C@H]2CCCc3ccccc32)c1. The van der Waals surface area contributed by atoms with E-state index >= 15 is 0 Å². The molecule has 2 N–H and O–H groups in total. The molecular formula is C23H26N2O6. The summed E-state index contributed by atoms with van der Waals surface area (Å²) in [6.07, 6.45) is 2.83. The summed E-state index contributed by atoms with van der Waals surface area (Å²) in [5, 5.41) is 5.38. The van der Waals surface area contributed by atoms with Crippen LogP contribution in [0.5, 0.6) is 11.5 Å². The molecule has 31 heavy (non-hydrogen) atoms. The topological polar surface area (TPSA) is 103 Å². The number of hydrogen-bond acceptors (Lipinski definition) is 6. The van der Waals surface area contributed by atoms with Crippen molar-refractivity contribution in [3.05, 3.63) is 59.2 Å². The van der Waals surface area contributed by atoms with Crippen molar-refractivity contribution in [2.24, 2.45) is 0 Å². The van der Waals surface area contributed by atoms with Crippen LogP contribution in [0.4, 0.5) is 0 Å². The number of rotatable bonds is 8. The molecule has 0 unspecified atom stereocenters. The third-order valence-electron chi connectivity index (χ3n) is 5.08. The summed E-state index contributed by atoms with van der Waals surface area (Å²) >= 11 is 0. The van der Waals surface area contributed by atoms with Crippen molar-refractivity contribution in [1.82, 2.24) is 10.6 Å². The summed E-state index contributed by atoms with van der Waals surface area (Å²) in [5.74, 6) is -0.667. The van der Waals surface area contributed by atoms with Gasteiger partial charge in [-0.2, -0.15) is 0 Å². The zero-order valence-electron chi connectivity index (χ0n) is 17.6. The maximum Gasteiger partial charge on any atom is 0.325 e. The smallest absolute Gasteiger partial charge is 0.325 e. The van der Waals surface area contributed by atoms with Crippen LogP contribution in [0.3, 0.4) is 0 Å². The van der Waals surface area contributed by atoms with Crippen molar-refractivity contribution in [2.75, 3.05) is 27.4 Å². The molecule has 1 atom stereocenters. The van der Waals surface area contributed by atoms with Gasteiger partial charge in [-0.25, -0.2) is 0 Å². The zero-order valence-corrected chi connectivity index (χ0v) is 17.6. The summed E-state index contributed by atoms with van der Waals surface area (Å²) in [4.78, 5) is 36.5. The Morgan fingerprint density at radius 1 is 1.03 bits per heavy atom. The average molecular weight is 426 g/mol. The van der Waals surface area contributed by atoms with Gasteiger partial charge in [-0.05, 0) is 42.5 Å². The minimum atomic E-state index is -0.706. The molecule has 0 saturated carbocycles. The molecule has 0 radical (unpaired) electrons. The predicted octanol–water partition coefficient (Wildman–Crippen LogP) is 2.17. The molecule has 1 aliphatic rings.